The number of halogens is 2. The third-order valence-corrected chi connectivity index (χ3v) is 6.47. The molecule has 7 heteroatoms. The van der Waals surface area contributed by atoms with E-state index in [2.05, 4.69) is 4.98 Å². The normalized spacial score (nSPS) is 12.0. The minimum atomic E-state index is -0.717. The lowest BCUT2D eigenvalue weighted by Gasteiger charge is -2.23. The monoisotopic (exact) mass is 508 g/mol. The molecule has 5 nitrogen and oxygen atoms in total. The SMILES string of the molecule is CCCC(C(=O)OCC)c1c(-c2ccc(Cl)cc2)c2cc(Cl)ccc2n(Cc2ccncc2)c1=O. The van der Waals surface area contributed by atoms with Crippen molar-refractivity contribution in [1.29, 1.82) is 0 Å². The lowest BCUT2D eigenvalue weighted by molar-refractivity contribution is -0.145. The van der Waals surface area contributed by atoms with E-state index in [0.29, 0.717) is 40.6 Å². The van der Waals surface area contributed by atoms with E-state index in [1.54, 1.807) is 42.1 Å². The number of aromatic nitrogens is 2. The lowest BCUT2D eigenvalue weighted by Crippen LogP contribution is -2.31. The maximum atomic E-state index is 14.2. The van der Waals surface area contributed by atoms with Crippen LogP contribution in [-0.2, 0) is 16.1 Å². The van der Waals surface area contributed by atoms with Crippen LogP contribution in [0.25, 0.3) is 22.0 Å². The fourth-order valence-electron chi connectivity index (χ4n) is 4.44. The zero-order valence-corrected chi connectivity index (χ0v) is 21.1. The van der Waals surface area contributed by atoms with Crippen LogP contribution in [0.5, 0.6) is 0 Å². The van der Waals surface area contributed by atoms with Gasteiger partial charge in [-0.1, -0.05) is 48.7 Å². The molecule has 0 aliphatic carbocycles. The van der Waals surface area contributed by atoms with Crippen LogP contribution in [0.4, 0.5) is 0 Å². The largest absolute Gasteiger partial charge is 0.466 e. The van der Waals surface area contributed by atoms with Crippen LogP contribution in [0.1, 0.15) is 43.7 Å². The van der Waals surface area contributed by atoms with Gasteiger partial charge in [-0.15, -0.1) is 0 Å². The summed E-state index contributed by atoms with van der Waals surface area (Å²) in [5.41, 5.74) is 3.30. The van der Waals surface area contributed by atoms with E-state index in [9.17, 15) is 9.59 Å². The fourth-order valence-corrected chi connectivity index (χ4v) is 4.74. The number of pyridine rings is 2. The van der Waals surface area contributed by atoms with Crippen LogP contribution in [0.15, 0.2) is 71.8 Å². The molecular formula is C28H26Cl2N2O3. The third-order valence-electron chi connectivity index (χ3n) is 5.98. The molecule has 4 aromatic rings. The molecule has 2 heterocycles. The van der Waals surface area contributed by atoms with Crippen LogP contribution >= 0.6 is 23.2 Å². The van der Waals surface area contributed by atoms with Gasteiger partial charge in [-0.05, 0) is 66.9 Å². The van der Waals surface area contributed by atoms with Gasteiger partial charge in [0.05, 0.1) is 24.6 Å². The zero-order valence-electron chi connectivity index (χ0n) is 19.6. The van der Waals surface area contributed by atoms with Gasteiger partial charge >= 0.3 is 5.97 Å². The number of carbonyl (C=O) groups is 1. The molecule has 0 bridgehead atoms. The second kappa shape index (κ2) is 11.1. The highest BCUT2D eigenvalue weighted by atomic mass is 35.5. The molecule has 35 heavy (non-hydrogen) atoms. The Kier molecular flexibility index (Phi) is 7.89. The summed E-state index contributed by atoms with van der Waals surface area (Å²) in [7, 11) is 0. The first kappa shape index (κ1) is 25.0. The van der Waals surface area contributed by atoms with Crippen molar-refractivity contribution in [1.82, 2.24) is 9.55 Å². The molecule has 2 aromatic heterocycles. The Morgan fingerprint density at radius 3 is 2.34 bits per heavy atom. The first-order valence-electron chi connectivity index (χ1n) is 11.6. The first-order chi connectivity index (χ1) is 16.9. The van der Waals surface area contributed by atoms with Crippen molar-refractivity contribution >= 4 is 40.1 Å². The Balaban J connectivity index is 2.11. The maximum absolute atomic E-state index is 14.2. The van der Waals surface area contributed by atoms with E-state index in [0.717, 1.165) is 22.0 Å². The molecule has 0 spiro atoms. The molecule has 0 N–H and O–H groups in total. The van der Waals surface area contributed by atoms with Gasteiger partial charge in [-0.25, -0.2) is 0 Å². The molecule has 180 valence electrons. The summed E-state index contributed by atoms with van der Waals surface area (Å²) < 4.78 is 7.13. The number of nitrogens with zero attached hydrogens (tertiary/aromatic N) is 2. The van der Waals surface area contributed by atoms with Crippen molar-refractivity contribution in [2.75, 3.05) is 6.61 Å². The van der Waals surface area contributed by atoms with E-state index in [4.69, 9.17) is 27.9 Å². The highest BCUT2D eigenvalue weighted by Gasteiger charge is 2.30. The average Bonchev–Trinajstić information content (AvgIpc) is 2.85. The summed E-state index contributed by atoms with van der Waals surface area (Å²) in [6, 6.07) is 16.5. The Morgan fingerprint density at radius 1 is 1.00 bits per heavy atom. The first-order valence-corrected chi connectivity index (χ1v) is 12.4. The number of ether oxygens (including phenoxy) is 1. The van der Waals surface area contributed by atoms with Crippen LogP contribution < -0.4 is 5.56 Å². The molecule has 0 aliphatic rings. The predicted molar refractivity (Wildman–Crippen MR) is 141 cm³/mol. The standard InChI is InChI=1S/C28H26Cl2N2O3/c1-3-5-22(28(34)35-4-2)26-25(19-6-8-20(29)9-7-19)23-16-21(30)10-11-24(23)32(27(26)33)17-18-12-14-31-15-13-18/h6-16,22H,3-5,17H2,1-2H3. The Morgan fingerprint density at radius 2 is 1.69 bits per heavy atom. The number of hydrogen-bond donors (Lipinski definition) is 0. The van der Waals surface area contributed by atoms with Crippen LogP contribution in [-0.4, -0.2) is 22.1 Å². The fraction of sp³-hybridized carbons (Fsp3) is 0.250. The van der Waals surface area contributed by atoms with Crippen LogP contribution in [0.2, 0.25) is 10.0 Å². The molecule has 1 atom stereocenters. The molecule has 0 fully saturated rings. The summed E-state index contributed by atoms with van der Waals surface area (Å²) in [5.74, 6) is -1.12. The van der Waals surface area contributed by atoms with Gasteiger partial charge in [0, 0.05) is 39.0 Å². The molecule has 4 rings (SSSR count). The van der Waals surface area contributed by atoms with Crippen molar-refractivity contribution in [3.63, 3.8) is 0 Å². The van der Waals surface area contributed by atoms with Gasteiger partial charge in [0.2, 0.25) is 0 Å². The second-order valence-electron chi connectivity index (χ2n) is 8.30. The third kappa shape index (κ3) is 5.26. The zero-order chi connectivity index (χ0) is 24.9. The highest BCUT2D eigenvalue weighted by molar-refractivity contribution is 6.31. The smallest absolute Gasteiger partial charge is 0.313 e. The van der Waals surface area contributed by atoms with Gasteiger partial charge in [0.25, 0.3) is 5.56 Å². The number of fused-ring (bicyclic) bond motifs is 1. The van der Waals surface area contributed by atoms with Gasteiger partial charge in [-0.2, -0.15) is 0 Å². The van der Waals surface area contributed by atoms with Crippen molar-refractivity contribution < 1.29 is 9.53 Å². The quantitative estimate of drug-likeness (QED) is 0.243. The summed E-state index contributed by atoms with van der Waals surface area (Å²) >= 11 is 12.6. The maximum Gasteiger partial charge on any atom is 0.313 e. The number of esters is 1. The molecular weight excluding hydrogens is 483 g/mol. The Labute approximate surface area is 214 Å². The van der Waals surface area contributed by atoms with Crippen LogP contribution in [0.3, 0.4) is 0 Å². The molecule has 1 unspecified atom stereocenters. The molecule has 0 saturated heterocycles. The molecule has 0 amide bonds. The van der Waals surface area contributed by atoms with Gasteiger partial charge in [-0.3, -0.25) is 14.6 Å². The number of benzene rings is 2. The van der Waals surface area contributed by atoms with Gasteiger partial charge < -0.3 is 9.30 Å². The topological polar surface area (TPSA) is 61.2 Å². The van der Waals surface area contributed by atoms with E-state index < -0.39 is 11.9 Å². The number of carbonyl (C=O) groups excluding carboxylic acids is 1. The predicted octanol–water partition coefficient (Wildman–Crippen LogP) is 6.87. The molecule has 2 aromatic carbocycles. The minimum Gasteiger partial charge on any atom is -0.466 e. The van der Waals surface area contributed by atoms with Crippen molar-refractivity contribution in [2.45, 2.75) is 39.2 Å². The van der Waals surface area contributed by atoms with Gasteiger partial charge in [0.1, 0.15) is 0 Å². The summed E-state index contributed by atoms with van der Waals surface area (Å²) in [6.45, 7) is 4.32. The highest BCUT2D eigenvalue weighted by Crippen LogP contribution is 2.38. The summed E-state index contributed by atoms with van der Waals surface area (Å²) in [4.78, 5) is 31.5. The van der Waals surface area contributed by atoms with E-state index in [1.165, 1.54) is 0 Å². The van der Waals surface area contributed by atoms with Crippen molar-refractivity contribution in [3.05, 3.63) is 98.5 Å². The van der Waals surface area contributed by atoms with Crippen molar-refractivity contribution in [3.8, 4) is 11.1 Å². The average molecular weight is 509 g/mol. The molecule has 0 radical (unpaired) electrons. The van der Waals surface area contributed by atoms with E-state index >= 15 is 0 Å². The van der Waals surface area contributed by atoms with E-state index in [1.807, 2.05) is 43.3 Å². The molecule has 0 aliphatic heterocycles. The van der Waals surface area contributed by atoms with Crippen LogP contribution in [0, 0.1) is 0 Å². The summed E-state index contributed by atoms with van der Waals surface area (Å²) in [5, 5.41) is 1.91. The minimum absolute atomic E-state index is 0.229. The number of hydrogen-bond acceptors (Lipinski definition) is 4. The Hall–Kier alpha value is -3.15. The van der Waals surface area contributed by atoms with Crippen molar-refractivity contribution in [2.24, 2.45) is 0 Å². The molecule has 0 saturated carbocycles. The van der Waals surface area contributed by atoms with E-state index in [-0.39, 0.29) is 12.2 Å². The lowest BCUT2D eigenvalue weighted by atomic mass is 9.86. The second-order valence-corrected chi connectivity index (χ2v) is 9.17. The van der Waals surface area contributed by atoms with Gasteiger partial charge in [0.15, 0.2) is 0 Å². The Bertz CT molecular complexity index is 1400. The summed E-state index contributed by atoms with van der Waals surface area (Å²) in [6.07, 6.45) is 4.58. The number of rotatable bonds is 8.